The second kappa shape index (κ2) is 6.21. The minimum atomic E-state index is -0.0195. The Morgan fingerprint density at radius 3 is 2.88 bits per heavy atom. The summed E-state index contributed by atoms with van der Waals surface area (Å²) in [6.45, 7) is 2.22. The molecule has 5 heteroatoms. The molecule has 0 unspecified atom stereocenters. The fourth-order valence-electron chi connectivity index (χ4n) is 1.99. The first-order valence-electron chi connectivity index (χ1n) is 5.81. The lowest BCUT2D eigenvalue weighted by atomic mass is 10.1. The summed E-state index contributed by atoms with van der Waals surface area (Å²) in [5.41, 5.74) is 0. The van der Waals surface area contributed by atoms with Crippen LogP contribution < -0.4 is 0 Å². The standard InChI is InChI=1S/C12H16BrNO3/c13-5-9-16-10-3-6-14(7-4-10)12(15)11-2-1-8-17-11/h1-2,8,10H,3-7,9H2. The van der Waals surface area contributed by atoms with E-state index in [4.69, 9.17) is 9.15 Å². The Morgan fingerprint density at radius 2 is 2.29 bits per heavy atom. The summed E-state index contributed by atoms with van der Waals surface area (Å²) in [7, 11) is 0. The van der Waals surface area contributed by atoms with Gasteiger partial charge in [0.1, 0.15) is 0 Å². The number of hydrogen-bond acceptors (Lipinski definition) is 3. The van der Waals surface area contributed by atoms with Crippen LogP contribution in [-0.4, -0.2) is 41.9 Å². The number of nitrogens with zero attached hydrogens (tertiary/aromatic N) is 1. The average Bonchev–Trinajstić information content (AvgIpc) is 2.90. The topological polar surface area (TPSA) is 42.7 Å². The Morgan fingerprint density at radius 1 is 1.53 bits per heavy atom. The predicted octanol–water partition coefficient (Wildman–Crippen LogP) is 2.30. The third-order valence-corrected chi connectivity index (χ3v) is 3.22. The summed E-state index contributed by atoms with van der Waals surface area (Å²) < 4.78 is 10.8. The van der Waals surface area contributed by atoms with Gasteiger partial charge in [-0.3, -0.25) is 4.79 Å². The van der Waals surface area contributed by atoms with Crippen molar-refractivity contribution in [3.05, 3.63) is 24.2 Å². The summed E-state index contributed by atoms with van der Waals surface area (Å²) in [6.07, 6.45) is 3.62. The largest absolute Gasteiger partial charge is 0.459 e. The molecule has 0 N–H and O–H groups in total. The highest BCUT2D eigenvalue weighted by molar-refractivity contribution is 9.09. The highest BCUT2D eigenvalue weighted by atomic mass is 79.9. The molecule has 0 radical (unpaired) electrons. The molecule has 0 atom stereocenters. The van der Waals surface area contributed by atoms with Crippen LogP contribution in [0.15, 0.2) is 22.8 Å². The van der Waals surface area contributed by atoms with E-state index >= 15 is 0 Å². The zero-order valence-electron chi connectivity index (χ0n) is 9.60. The maximum Gasteiger partial charge on any atom is 0.289 e. The molecule has 1 fully saturated rings. The van der Waals surface area contributed by atoms with E-state index in [0.29, 0.717) is 5.76 Å². The van der Waals surface area contributed by atoms with Gasteiger partial charge in [-0.15, -0.1) is 0 Å². The molecule has 0 aromatic carbocycles. The fourth-order valence-corrected chi connectivity index (χ4v) is 2.18. The Labute approximate surface area is 109 Å². The van der Waals surface area contributed by atoms with Gasteiger partial charge in [-0.1, -0.05) is 15.9 Å². The third kappa shape index (κ3) is 3.33. The molecule has 1 aromatic heterocycles. The second-order valence-corrected chi connectivity index (χ2v) is 4.82. The van der Waals surface area contributed by atoms with E-state index in [1.807, 2.05) is 4.90 Å². The number of amides is 1. The number of piperidine rings is 1. The molecule has 1 aliphatic rings. The molecule has 1 saturated heterocycles. The van der Waals surface area contributed by atoms with Crippen molar-refractivity contribution >= 4 is 21.8 Å². The molecule has 0 saturated carbocycles. The van der Waals surface area contributed by atoms with Crippen molar-refractivity contribution in [2.24, 2.45) is 0 Å². The van der Waals surface area contributed by atoms with Crippen LogP contribution in [-0.2, 0) is 4.74 Å². The molecule has 17 heavy (non-hydrogen) atoms. The molecular formula is C12H16BrNO3. The van der Waals surface area contributed by atoms with E-state index < -0.39 is 0 Å². The van der Waals surface area contributed by atoms with Crippen molar-refractivity contribution in [1.29, 1.82) is 0 Å². The normalized spacial score (nSPS) is 17.4. The van der Waals surface area contributed by atoms with Crippen LogP contribution >= 0.6 is 15.9 Å². The highest BCUT2D eigenvalue weighted by Crippen LogP contribution is 2.16. The van der Waals surface area contributed by atoms with E-state index in [-0.39, 0.29) is 12.0 Å². The van der Waals surface area contributed by atoms with Crippen LogP contribution in [0.3, 0.4) is 0 Å². The molecule has 1 amide bonds. The molecule has 1 aromatic rings. The fraction of sp³-hybridized carbons (Fsp3) is 0.583. The Hall–Kier alpha value is -0.810. The van der Waals surface area contributed by atoms with Crippen molar-refractivity contribution in [2.75, 3.05) is 25.0 Å². The Balaban J connectivity index is 1.81. The van der Waals surface area contributed by atoms with Crippen molar-refractivity contribution < 1.29 is 13.9 Å². The van der Waals surface area contributed by atoms with Crippen molar-refractivity contribution in [1.82, 2.24) is 4.90 Å². The number of halogens is 1. The molecule has 0 spiro atoms. The van der Waals surface area contributed by atoms with Gasteiger partial charge in [0.05, 0.1) is 19.0 Å². The van der Waals surface area contributed by atoms with Gasteiger partial charge in [0.15, 0.2) is 5.76 Å². The number of likely N-dealkylation sites (tertiary alicyclic amines) is 1. The molecule has 2 rings (SSSR count). The summed E-state index contributed by atoms with van der Waals surface area (Å²) in [6, 6.07) is 3.44. The number of alkyl halides is 1. The zero-order valence-corrected chi connectivity index (χ0v) is 11.2. The summed E-state index contributed by atoms with van der Waals surface area (Å²) in [5.74, 6) is 0.402. The van der Waals surface area contributed by atoms with Crippen molar-refractivity contribution in [3.63, 3.8) is 0 Å². The van der Waals surface area contributed by atoms with Crippen LogP contribution in [0.4, 0.5) is 0 Å². The van der Waals surface area contributed by atoms with Crippen molar-refractivity contribution in [2.45, 2.75) is 18.9 Å². The van der Waals surface area contributed by atoms with Gasteiger partial charge in [-0.05, 0) is 25.0 Å². The van der Waals surface area contributed by atoms with E-state index in [0.717, 1.165) is 37.9 Å². The van der Waals surface area contributed by atoms with Gasteiger partial charge in [-0.25, -0.2) is 0 Å². The van der Waals surface area contributed by atoms with E-state index in [1.54, 1.807) is 12.1 Å². The Bertz CT molecular complexity index is 345. The van der Waals surface area contributed by atoms with E-state index in [9.17, 15) is 4.79 Å². The van der Waals surface area contributed by atoms with Crippen LogP contribution in [0.2, 0.25) is 0 Å². The molecule has 2 heterocycles. The SMILES string of the molecule is O=C(c1ccco1)N1CCC(OCCBr)CC1. The quantitative estimate of drug-likeness (QED) is 0.802. The molecular weight excluding hydrogens is 286 g/mol. The minimum absolute atomic E-state index is 0.0195. The van der Waals surface area contributed by atoms with Gasteiger partial charge in [0, 0.05) is 18.4 Å². The molecule has 1 aliphatic heterocycles. The molecule has 0 bridgehead atoms. The third-order valence-electron chi connectivity index (χ3n) is 2.89. The summed E-state index contributed by atoms with van der Waals surface area (Å²) >= 11 is 3.34. The zero-order chi connectivity index (χ0) is 12.1. The maximum absolute atomic E-state index is 12.0. The van der Waals surface area contributed by atoms with E-state index in [1.165, 1.54) is 6.26 Å². The van der Waals surface area contributed by atoms with Gasteiger partial charge >= 0.3 is 0 Å². The smallest absolute Gasteiger partial charge is 0.289 e. The molecule has 94 valence electrons. The number of furan rings is 1. The average molecular weight is 302 g/mol. The lowest BCUT2D eigenvalue weighted by Gasteiger charge is -2.31. The first kappa shape index (κ1) is 12.6. The first-order chi connectivity index (χ1) is 8.31. The van der Waals surface area contributed by atoms with Gasteiger partial charge in [-0.2, -0.15) is 0 Å². The molecule has 4 nitrogen and oxygen atoms in total. The monoisotopic (exact) mass is 301 g/mol. The van der Waals surface area contributed by atoms with Gasteiger partial charge in [0.2, 0.25) is 0 Å². The van der Waals surface area contributed by atoms with Gasteiger partial charge < -0.3 is 14.1 Å². The lowest BCUT2D eigenvalue weighted by Crippen LogP contribution is -2.40. The summed E-state index contributed by atoms with van der Waals surface area (Å²) in [4.78, 5) is 13.8. The molecule has 0 aliphatic carbocycles. The highest BCUT2D eigenvalue weighted by Gasteiger charge is 2.25. The second-order valence-electron chi connectivity index (χ2n) is 4.03. The van der Waals surface area contributed by atoms with Crippen LogP contribution in [0.1, 0.15) is 23.4 Å². The maximum atomic E-state index is 12.0. The number of hydrogen-bond donors (Lipinski definition) is 0. The number of carbonyl (C=O) groups excluding carboxylic acids is 1. The minimum Gasteiger partial charge on any atom is -0.459 e. The Kier molecular flexibility index (Phi) is 4.62. The first-order valence-corrected chi connectivity index (χ1v) is 6.93. The van der Waals surface area contributed by atoms with Crippen molar-refractivity contribution in [3.8, 4) is 0 Å². The lowest BCUT2D eigenvalue weighted by molar-refractivity contribution is 0.0150. The number of rotatable bonds is 4. The number of carbonyl (C=O) groups is 1. The van der Waals surface area contributed by atoms with Gasteiger partial charge in [0.25, 0.3) is 5.91 Å². The number of ether oxygens (including phenoxy) is 1. The van der Waals surface area contributed by atoms with E-state index in [2.05, 4.69) is 15.9 Å². The summed E-state index contributed by atoms with van der Waals surface area (Å²) in [5, 5.41) is 0.860. The van der Waals surface area contributed by atoms with Crippen LogP contribution in [0.5, 0.6) is 0 Å². The van der Waals surface area contributed by atoms with Crippen LogP contribution in [0, 0.1) is 0 Å². The predicted molar refractivity (Wildman–Crippen MR) is 67.4 cm³/mol. The van der Waals surface area contributed by atoms with Crippen LogP contribution in [0.25, 0.3) is 0 Å².